The monoisotopic (exact) mass is 290 g/mol. The number of hydrogen-bond donors (Lipinski definition) is 1. The van der Waals surface area contributed by atoms with Gasteiger partial charge in [-0.15, -0.1) is 37.2 Å². The van der Waals surface area contributed by atoms with Crippen LogP contribution in [0.3, 0.4) is 0 Å². The van der Waals surface area contributed by atoms with Gasteiger partial charge in [0, 0.05) is 0 Å². The van der Waals surface area contributed by atoms with Crippen LogP contribution in [0, 0.1) is 0 Å². The summed E-state index contributed by atoms with van der Waals surface area (Å²) in [6.07, 6.45) is 0. The minimum atomic E-state index is 0. The summed E-state index contributed by atoms with van der Waals surface area (Å²) < 4.78 is 3.26. The number of benzene rings is 1. The molecule has 1 nitrogen and oxygen atoms in total. The second-order valence-electron chi connectivity index (χ2n) is 3.12. The van der Waals surface area contributed by atoms with Gasteiger partial charge in [0.2, 0.25) is 0 Å². The van der Waals surface area contributed by atoms with Gasteiger partial charge in [0.05, 0.1) is 0 Å². The summed E-state index contributed by atoms with van der Waals surface area (Å²) in [6, 6.07) is 10.4. The van der Waals surface area contributed by atoms with Gasteiger partial charge in [-0.2, -0.15) is 0 Å². The number of rotatable bonds is 2. The van der Waals surface area contributed by atoms with E-state index in [9.17, 15) is 0 Å². The maximum atomic E-state index is 3.26. The third-order valence-electron chi connectivity index (χ3n) is 1.81. The molecule has 0 radical (unpaired) electrons. The van der Waals surface area contributed by atoms with Crippen molar-refractivity contribution >= 4 is 37.2 Å². The largest absolute Gasteiger partial charge is 0.147 e. The van der Waals surface area contributed by atoms with Gasteiger partial charge >= 0.3 is 79.8 Å². The van der Waals surface area contributed by atoms with Crippen molar-refractivity contribution in [2.45, 2.75) is 19.4 Å². The van der Waals surface area contributed by atoms with Crippen LogP contribution in [-0.2, 0) is 26.2 Å². The fourth-order valence-electron chi connectivity index (χ4n) is 0.927. The Labute approximate surface area is 116 Å². The maximum Gasteiger partial charge on any atom is -0.147 e. The molecule has 1 N–H and O–H groups in total. The predicted octanol–water partition coefficient (Wildman–Crippen LogP) is 3.24. The van der Waals surface area contributed by atoms with Crippen molar-refractivity contribution in [2.24, 2.45) is 0 Å². The van der Waals surface area contributed by atoms with E-state index in [1.807, 2.05) is 26.8 Å². The SMILES string of the molecule is CC(C)([NH][Ti])c1ccccc1.Cl.Cl.Cl. The topological polar surface area (TPSA) is 12.0 Å². The van der Waals surface area contributed by atoms with E-state index in [1.54, 1.807) is 0 Å². The molecule has 0 unspecified atom stereocenters. The molecule has 0 spiro atoms. The minimum Gasteiger partial charge on any atom is -0.147 e. The first-order chi connectivity index (χ1) is 5.17. The van der Waals surface area contributed by atoms with E-state index >= 15 is 0 Å². The summed E-state index contributed by atoms with van der Waals surface area (Å²) in [5.41, 5.74) is 1.41. The van der Waals surface area contributed by atoms with Crippen LogP contribution in [0.25, 0.3) is 0 Å². The van der Waals surface area contributed by atoms with Gasteiger partial charge in [-0.3, -0.25) is 0 Å². The zero-order valence-electron chi connectivity index (χ0n) is 8.11. The summed E-state index contributed by atoms with van der Waals surface area (Å²) in [5, 5.41) is 0. The second kappa shape index (κ2) is 9.02. The van der Waals surface area contributed by atoms with Crippen molar-refractivity contribution in [3.05, 3.63) is 35.9 Å². The Bertz CT molecular complexity index is 229. The minimum absolute atomic E-state index is 0. The molecule has 0 saturated carbocycles. The molecule has 0 saturated heterocycles. The molecule has 0 bridgehead atoms. The standard InChI is InChI=1S/C9H12N.3ClH.Ti/c1-9(2,10)8-6-4-3-5-7-8;;;;/h3-7,10H,1-2H3;3*1H;/q-1;;;;+1. The quantitative estimate of drug-likeness (QED) is 0.825. The third-order valence-corrected chi connectivity index (χ3v) is 2.78. The molecule has 0 aliphatic rings. The number of nitrogens with one attached hydrogen (secondary N) is 1. The summed E-state index contributed by atoms with van der Waals surface area (Å²) in [4.78, 5) is 0. The van der Waals surface area contributed by atoms with Gasteiger partial charge in [-0.05, 0) is 0 Å². The maximum absolute atomic E-state index is 3.26. The van der Waals surface area contributed by atoms with Crippen LogP contribution < -0.4 is 3.80 Å². The Morgan fingerprint density at radius 2 is 1.43 bits per heavy atom. The smallest absolute Gasteiger partial charge is 0.147 e. The second-order valence-corrected chi connectivity index (χ2v) is 3.51. The van der Waals surface area contributed by atoms with Crippen molar-refractivity contribution in [2.75, 3.05) is 0 Å². The molecule has 0 heterocycles. The average molecular weight is 291 g/mol. The Kier molecular flexibility index (Phi) is 13.0. The van der Waals surface area contributed by atoms with Crippen LogP contribution in [0.1, 0.15) is 19.4 Å². The van der Waals surface area contributed by atoms with Crippen LogP contribution in [0.15, 0.2) is 30.3 Å². The van der Waals surface area contributed by atoms with E-state index in [0.717, 1.165) is 0 Å². The Morgan fingerprint density at radius 3 is 1.79 bits per heavy atom. The molecular formula is C9H15Cl3NTi. The molecular weight excluding hydrogens is 276 g/mol. The average Bonchev–Trinajstić information content (AvgIpc) is 2.06. The molecule has 0 atom stereocenters. The molecule has 1 aromatic carbocycles. The summed E-state index contributed by atoms with van der Waals surface area (Å²) >= 11 is 1.98. The van der Waals surface area contributed by atoms with Gasteiger partial charge in [-0.25, -0.2) is 0 Å². The zero-order chi connectivity index (χ0) is 8.32. The van der Waals surface area contributed by atoms with Crippen LogP contribution >= 0.6 is 37.2 Å². The molecule has 0 amide bonds. The van der Waals surface area contributed by atoms with Crippen molar-refractivity contribution in [1.29, 1.82) is 0 Å². The number of halogens is 3. The molecule has 5 heteroatoms. The first-order valence-corrected chi connectivity index (χ1v) is 4.44. The molecule has 1 aromatic rings. The van der Waals surface area contributed by atoms with E-state index in [2.05, 4.69) is 41.9 Å². The van der Waals surface area contributed by atoms with Crippen molar-refractivity contribution in [1.82, 2.24) is 3.80 Å². The molecule has 81 valence electrons. The summed E-state index contributed by atoms with van der Waals surface area (Å²) in [5.74, 6) is 0. The third kappa shape index (κ3) is 5.60. The predicted molar refractivity (Wildman–Crippen MR) is 64.3 cm³/mol. The van der Waals surface area contributed by atoms with Crippen molar-refractivity contribution in [3.8, 4) is 0 Å². The van der Waals surface area contributed by atoms with Crippen molar-refractivity contribution < 1.29 is 20.7 Å². The van der Waals surface area contributed by atoms with E-state index in [-0.39, 0.29) is 42.8 Å². The Morgan fingerprint density at radius 1 is 1.00 bits per heavy atom. The molecule has 0 aromatic heterocycles. The van der Waals surface area contributed by atoms with Gasteiger partial charge in [0.1, 0.15) is 0 Å². The summed E-state index contributed by atoms with van der Waals surface area (Å²) in [7, 11) is 0. The fourth-order valence-corrected chi connectivity index (χ4v) is 1.15. The Hall–Kier alpha value is 0.764. The fraction of sp³-hybridized carbons (Fsp3) is 0.333. The molecule has 0 aliphatic carbocycles. The number of hydrogen-bond acceptors (Lipinski definition) is 1. The first kappa shape index (κ1) is 20.2. The van der Waals surface area contributed by atoms with Gasteiger partial charge in [0.15, 0.2) is 0 Å². The van der Waals surface area contributed by atoms with E-state index in [1.165, 1.54) is 5.56 Å². The van der Waals surface area contributed by atoms with Gasteiger partial charge in [0.25, 0.3) is 0 Å². The van der Waals surface area contributed by atoms with E-state index in [4.69, 9.17) is 0 Å². The van der Waals surface area contributed by atoms with Crippen LogP contribution in [0.4, 0.5) is 0 Å². The normalized spacial score (nSPS) is 8.93. The molecule has 0 aliphatic heterocycles. The molecule has 14 heavy (non-hydrogen) atoms. The molecule has 0 fully saturated rings. The van der Waals surface area contributed by atoms with Crippen LogP contribution in [-0.4, -0.2) is 0 Å². The summed E-state index contributed by atoms with van der Waals surface area (Å²) in [6.45, 7) is 4.34. The van der Waals surface area contributed by atoms with Crippen LogP contribution in [0.2, 0.25) is 0 Å². The molecule has 1 rings (SSSR count). The van der Waals surface area contributed by atoms with Gasteiger partial charge < -0.3 is 0 Å². The van der Waals surface area contributed by atoms with Crippen LogP contribution in [0.5, 0.6) is 0 Å². The van der Waals surface area contributed by atoms with E-state index in [0.29, 0.717) is 0 Å². The Balaban J connectivity index is -0.000000403. The van der Waals surface area contributed by atoms with Gasteiger partial charge in [-0.1, -0.05) is 0 Å². The van der Waals surface area contributed by atoms with Crippen molar-refractivity contribution in [3.63, 3.8) is 0 Å². The zero-order valence-corrected chi connectivity index (χ0v) is 12.1. The van der Waals surface area contributed by atoms with E-state index < -0.39 is 0 Å². The first-order valence-electron chi connectivity index (χ1n) is 3.66.